The van der Waals surface area contributed by atoms with Crippen molar-refractivity contribution in [2.24, 2.45) is 0 Å². The number of anilines is 10. The first-order valence-corrected chi connectivity index (χ1v) is 30.1. The molecule has 5 heterocycles. The molecule has 1 radical (unpaired) electrons. The molecule has 10 aromatic carbocycles. The van der Waals surface area contributed by atoms with Crippen LogP contribution in [0.5, 0.6) is 11.5 Å². The Hall–Kier alpha value is -9.56. The number of pyridine rings is 2. The molecule has 9 nitrogen and oxygen atoms in total. The molecule has 0 atom stereocenters. The van der Waals surface area contributed by atoms with E-state index in [0.29, 0.717) is 22.9 Å². The van der Waals surface area contributed by atoms with Gasteiger partial charge in [-0.25, -0.2) is 6.07 Å². The van der Waals surface area contributed by atoms with Gasteiger partial charge in [-0.1, -0.05) is 115 Å². The molecule has 0 spiro atoms. The third-order valence-electron chi connectivity index (χ3n) is 16.2. The molecule has 455 valence electrons. The van der Waals surface area contributed by atoms with Crippen molar-refractivity contribution in [1.82, 2.24) is 9.97 Å². The molecule has 11 heteroatoms. The first kappa shape index (κ1) is 61.7. The van der Waals surface area contributed by atoms with Gasteiger partial charge in [0.15, 0.2) is 0 Å². The smallest absolute Gasteiger partial charge is 0.0344 e. The van der Waals surface area contributed by atoms with Crippen molar-refractivity contribution in [3.63, 3.8) is 0 Å². The van der Waals surface area contributed by atoms with E-state index in [0.717, 1.165) is 87.9 Å². The third kappa shape index (κ3) is 13.4. The van der Waals surface area contributed by atoms with Gasteiger partial charge >= 0.3 is 0 Å². The number of nitrogens with zero attached hydrogens (tertiary/aromatic N) is 8. The van der Waals surface area contributed by atoms with Crippen LogP contribution in [-0.2, 0) is 41.2 Å². The summed E-state index contributed by atoms with van der Waals surface area (Å²) < 4.78 is 6.59. The van der Waals surface area contributed by atoms with Crippen LogP contribution in [0.2, 0.25) is 0 Å². The van der Waals surface area contributed by atoms with Crippen molar-refractivity contribution in [1.29, 1.82) is 0 Å². The topological polar surface area (TPSA) is 54.5 Å². The predicted octanol–water partition coefficient (Wildman–Crippen LogP) is 19.6. The van der Waals surface area contributed by atoms with E-state index in [1.54, 1.807) is 18.5 Å². The first-order chi connectivity index (χ1) is 43.8. The molecule has 0 bridgehead atoms. The van der Waals surface area contributed by atoms with E-state index in [1.807, 2.05) is 36.4 Å². The molecule has 2 aromatic heterocycles. The van der Waals surface area contributed by atoms with Crippen LogP contribution in [-0.4, -0.2) is 23.1 Å². The summed E-state index contributed by atoms with van der Waals surface area (Å²) in [5, 5.41) is 0. The Balaban J connectivity index is 0.000000191. The normalized spacial score (nSPS) is 12.7. The number of aryl methyl sites for hydroxylation is 3. The molecule has 0 unspecified atom stereocenters. The van der Waals surface area contributed by atoms with Crippen molar-refractivity contribution >= 4 is 56.9 Å². The number of ether oxygens (including phenoxy) is 1. The summed E-state index contributed by atoms with van der Waals surface area (Å²) in [5.74, 6) is 1.08. The van der Waals surface area contributed by atoms with Crippen LogP contribution in [0, 0.1) is 71.1 Å². The van der Waals surface area contributed by atoms with Crippen LogP contribution in [0.4, 0.5) is 56.9 Å². The quantitative estimate of drug-likeness (QED) is 0.0738. The number of aromatic nitrogens is 2. The van der Waals surface area contributed by atoms with E-state index < -0.39 is 0 Å². The van der Waals surface area contributed by atoms with Gasteiger partial charge in [0, 0.05) is 92.5 Å². The Morgan fingerprint density at radius 2 is 0.868 bits per heavy atom. The Kier molecular flexibility index (Phi) is 19.0. The largest absolute Gasteiger partial charge is 0.510 e. The second-order valence-corrected chi connectivity index (χ2v) is 22.3. The zero-order valence-electron chi connectivity index (χ0n) is 50.4. The number of hydrogen-bond acceptors (Lipinski definition) is 9. The fraction of sp³-hybridized carbons (Fsp3) is 0.0875. The van der Waals surface area contributed by atoms with E-state index in [4.69, 9.17) is 4.74 Å². The fourth-order valence-electron chi connectivity index (χ4n) is 12.2. The van der Waals surface area contributed by atoms with E-state index in [-0.39, 0.29) is 41.2 Å². The number of para-hydroxylation sites is 8. The predicted molar refractivity (Wildman–Crippen MR) is 363 cm³/mol. The van der Waals surface area contributed by atoms with Gasteiger partial charge in [0.1, 0.15) is 0 Å². The number of rotatable bonds is 15. The summed E-state index contributed by atoms with van der Waals surface area (Å²) in [6.07, 6.45) is 5.62. The van der Waals surface area contributed by atoms with Crippen LogP contribution < -0.4 is 34.1 Å². The summed E-state index contributed by atoms with van der Waals surface area (Å²) in [7, 11) is 0. The zero-order chi connectivity index (χ0) is 60.0. The molecule has 0 aliphatic carbocycles. The Morgan fingerprint density at radius 3 is 1.40 bits per heavy atom. The number of hydrogen-bond donors (Lipinski definition) is 0. The summed E-state index contributed by atoms with van der Waals surface area (Å²) in [4.78, 5) is 22.6. The Bertz CT molecular complexity index is 4250. The van der Waals surface area contributed by atoms with Gasteiger partial charge in [-0.3, -0.25) is 0 Å². The van der Waals surface area contributed by atoms with Gasteiger partial charge < -0.3 is 44.1 Å². The van der Waals surface area contributed by atoms with Crippen molar-refractivity contribution in [2.45, 2.75) is 33.6 Å². The molecule has 0 amide bonds. The van der Waals surface area contributed by atoms with E-state index in [2.05, 4.69) is 311 Å². The summed E-state index contributed by atoms with van der Waals surface area (Å²) >= 11 is 0. The van der Waals surface area contributed by atoms with Crippen LogP contribution in [0.1, 0.15) is 29.5 Å². The molecule has 3 aliphatic heterocycles. The Morgan fingerprint density at radius 1 is 0.385 bits per heavy atom. The maximum Gasteiger partial charge on any atom is 0.0344 e. The number of benzene rings is 10. The van der Waals surface area contributed by atoms with E-state index >= 15 is 0 Å². The summed E-state index contributed by atoms with van der Waals surface area (Å²) in [6, 6.07) is 101. The van der Waals surface area contributed by atoms with Gasteiger partial charge in [-0.15, -0.1) is 71.0 Å². The molecule has 3 aliphatic rings. The average molecular weight is 1540 g/mol. The van der Waals surface area contributed by atoms with Crippen LogP contribution >= 0.6 is 0 Å². The standard InChI is InChI=1S/C50H36N4O.C30H26N4.Ir.Pt/c1-34-24-35(2)50(36(3)25-34)41-29-43(31-45(30-41)55-44-21-23-52-47(32-44)46-18-12-13-22-51-46)54-33-53(48-19-10-11-20-49(48)54)42-27-39(37-14-6-4-7-15-37)26-40(28-42)38-16-8-5-9-17-38;1-3-13-25(14-4-1)33-23-31(27-17-7-9-19-29(27)33)21-11-12-22-32-24-34(26-15-5-2-6-16-26)30-20-10-8-18-28(30)32;;/h4-17,19-30,33H,1-3H3;1-10,13,15,17-20,23-24H,11-12,21-22H2;;/q2*-4;;. The minimum absolute atomic E-state index is 0. The maximum atomic E-state index is 6.59. The molecule has 0 saturated carbocycles. The maximum absolute atomic E-state index is 6.59. The van der Waals surface area contributed by atoms with E-state index in [9.17, 15) is 0 Å². The van der Waals surface area contributed by atoms with Gasteiger partial charge in [-0.2, -0.15) is 86.1 Å². The van der Waals surface area contributed by atoms with Crippen molar-refractivity contribution in [3.8, 4) is 56.3 Å². The van der Waals surface area contributed by atoms with Crippen LogP contribution in [0.3, 0.4) is 0 Å². The Labute approximate surface area is 563 Å². The molecule has 91 heavy (non-hydrogen) atoms. The SMILES string of the molecule is Cc1cc(C)c(-c2cc(Oc3[c-]c(-c4[c-]cccn4)ncc3)[c-]c(N3[CH-]N(c4cc(-c5ccccc5)cc(-c5ccccc5)c4)c4ccccc43)c2)c(C)c1.[Ir].[Pt].[c-]1ccccc1N1[CH-]N(CCCCN2[CH-]N(c3[c-]cccc3)c3ccccc32)c2ccccc21. The summed E-state index contributed by atoms with van der Waals surface area (Å²) in [6.45, 7) is 15.0. The molecular formula is C80H62IrN8OPt-8. The molecule has 0 N–H and O–H groups in total. The first-order valence-electron chi connectivity index (χ1n) is 30.1. The van der Waals surface area contributed by atoms with E-state index in [1.165, 1.54) is 45.0 Å². The van der Waals surface area contributed by atoms with Gasteiger partial charge in [0.05, 0.1) is 0 Å². The monoisotopic (exact) mass is 1540 g/mol. The number of fused-ring (bicyclic) bond motifs is 3. The molecule has 0 saturated heterocycles. The molecule has 12 aromatic rings. The molecular weight excluding hydrogens is 1480 g/mol. The van der Waals surface area contributed by atoms with Crippen LogP contribution in [0.25, 0.3) is 44.8 Å². The zero-order valence-corrected chi connectivity index (χ0v) is 55.1. The van der Waals surface area contributed by atoms with Gasteiger partial charge in [0.25, 0.3) is 0 Å². The molecule has 0 fully saturated rings. The van der Waals surface area contributed by atoms with Crippen LogP contribution in [0.15, 0.2) is 255 Å². The summed E-state index contributed by atoms with van der Waals surface area (Å²) in [5.41, 5.74) is 22.7. The fourth-order valence-corrected chi connectivity index (χ4v) is 12.2. The second-order valence-electron chi connectivity index (χ2n) is 22.3. The second kappa shape index (κ2) is 28.1. The minimum atomic E-state index is 0. The van der Waals surface area contributed by atoms with Gasteiger partial charge in [0.2, 0.25) is 0 Å². The number of unbranched alkanes of at least 4 members (excludes halogenated alkanes) is 1. The van der Waals surface area contributed by atoms with Crippen molar-refractivity contribution < 1.29 is 45.9 Å². The molecule has 15 rings (SSSR count). The third-order valence-corrected chi connectivity index (χ3v) is 16.2. The minimum Gasteiger partial charge on any atom is -0.510 e. The van der Waals surface area contributed by atoms with Crippen molar-refractivity contribution in [3.05, 3.63) is 322 Å². The average Bonchev–Trinajstić information content (AvgIpc) is 1.81. The van der Waals surface area contributed by atoms with Crippen molar-refractivity contribution in [2.75, 3.05) is 42.5 Å². The van der Waals surface area contributed by atoms with Gasteiger partial charge in [-0.05, 0) is 153 Å².